The fourth-order valence-electron chi connectivity index (χ4n) is 3.16. The monoisotopic (exact) mass is 315 g/mol. The molecule has 0 aromatic heterocycles. The van der Waals surface area contributed by atoms with Gasteiger partial charge in [0.1, 0.15) is 11.4 Å². The van der Waals surface area contributed by atoms with Crippen molar-refractivity contribution in [2.45, 2.75) is 18.6 Å². The zero-order chi connectivity index (χ0) is 16.3. The number of benzene rings is 2. The van der Waals surface area contributed by atoms with Gasteiger partial charge in [0.15, 0.2) is 0 Å². The average Bonchev–Trinajstić information content (AvgIpc) is 2.56. The Morgan fingerprint density at radius 1 is 1.17 bits per heavy atom. The first-order valence-corrected chi connectivity index (χ1v) is 7.93. The van der Waals surface area contributed by atoms with Crippen LogP contribution in [0.25, 0.3) is 0 Å². The molecule has 4 heteroatoms. The van der Waals surface area contributed by atoms with Crippen LogP contribution in [-0.2, 0) is 10.3 Å². The first kappa shape index (κ1) is 16.1. The molecule has 3 nitrogen and oxygen atoms in total. The van der Waals surface area contributed by atoms with Crippen molar-refractivity contribution in [1.29, 1.82) is 0 Å². The standard InChI is InChI=1S/C19H22FNO2/c1-19(15-7-3-2-4-8-15)14-21(11-12-23-19)13-18(22)16-9-5-6-10-17(16)20/h2-10,18,22H,11-14H2,1H3. The maximum Gasteiger partial charge on any atom is 0.129 e. The largest absolute Gasteiger partial charge is 0.387 e. The first-order chi connectivity index (χ1) is 11.1. The SMILES string of the molecule is CC1(c2ccccc2)CN(CC(O)c2ccccc2F)CCO1. The molecule has 1 N–H and O–H groups in total. The number of aliphatic hydroxyl groups excluding tert-OH is 1. The van der Waals surface area contributed by atoms with E-state index in [0.29, 0.717) is 25.3 Å². The van der Waals surface area contributed by atoms with Crippen molar-refractivity contribution in [3.8, 4) is 0 Å². The van der Waals surface area contributed by atoms with Crippen molar-refractivity contribution < 1.29 is 14.2 Å². The van der Waals surface area contributed by atoms with E-state index in [1.165, 1.54) is 6.07 Å². The summed E-state index contributed by atoms with van der Waals surface area (Å²) in [5.74, 6) is -0.362. The van der Waals surface area contributed by atoms with Gasteiger partial charge in [0.2, 0.25) is 0 Å². The number of β-amino-alcohol motifs (C(OH)–C–C–N with tert-alkyl or cyclic N) is 1. The second-order valence-corrected chi connectivity index (χ2v) is 6.22. The summed E-state index contributed by atoms with van der Waals surface area (Å²) in [4.78, 5) is 2.13. The molecule has 2 atom stereocenters. The molecule has 1 fully saturated rings. The number of rotatable bonds is 4. The molecule has 0 saturated carbocycles. The van der Waals surface area contributed by atoms with Gasteiger partial charge >= 0.3 is 0 Å². The lowest BCUT2D eigenvalue weighted by Crippen LogP contribution is -2.49. The highest BCUT2D eigenvalue weighted by Gasteiger charge is 2.34. The molecule has 1 heterocycles. The van der Waals surface area contributed by atoms with Crippen LogP contribution in [0.5, 0.6) is 0 Å². The Morgan fingerprint density at radius 2 is 1.87 bits per heavy atom. The number of hydrogen-bond donors (Lipinski definition) is 1. The molecule has 2 aromatic rings. The van der Waals surface area contributed by atoms with Gasteiger partial charge in [0, 0.05) is 25.2 Å². The van der Waals surface area contributed by atoms with Crippen LogP contribution in [0.1, 0.15) is 24.2 Å². The van der Waals surface area contributed by atoms with Crippen molar-refractivity contribution >= 4 is 0 Å². The minimum atomic E-state index is -0.839. The molecule has 2 aromatic carbocycles. The molecule has 1 saturated heterocycles. The number of hydrogen-bond acceptors (Lipinski definition) is 3. The van der Waals surface area contributed by atoms with Crippen LogP contribution in [0.3, 0.4) is 0 Å². The zero-order valence-electron chi connectivity index (χ0n) is 13.3. The molecule has 3 rings (SSSR count). The van der Waals surface area contributed by atoms with Crippen molar-refractivity contribution in [3.63, 3.8) is 0 Å². The van der Waals surface area contributed by atoms with Crippen LogP contribution in [0.2, 0.25) is 0 Å². The molecule has 0 amide bonds. The number of aliphatic hydroxyl groups is 1. The van der Waals surface area contributed by atoms with E-state index in [1.54, 1.807) is 18.2 Å². The highest BCUT2D eigenvalue weighted by atomic mass is 19.1. The van der Waals surface area contributed by atoms with Crippen molar-refractivity contribution in [2.75, 3.05) is 26.2 Å². The molecule has 1 aliphatic rings. The summed E-state index contributed by atoms with van der Waals surface area (Å²) in [5.41, 5.74) is 1.06. The molecular weight excluding hydrogens is 293 g/mol. The topological polar surface area (TPSA) is 32.7 Å². The Balaban J connectivity index is 1.71. The lowest BCUT2D eigenvalue weighted by molar-refractivity contribution is -0.109. The molecule has 23 heavy (non-hydrogen) atoms. The number of nitrogens with zero attached hydrogens (tertiary/aromatic N) is 1. The van der Waals surface area contributed by atoms with Crippen LogP contribution >= 0.6 is 0 Å². The zero-order valence-corrected chi connectivity index (χ0v) is 13.3. The molecular formula is C19H22FNO2. The van der Waals surface area contributed by atoms with Gasteiger partial charge in [-0.1, -0.05) is 48.5 Å². The summed E-state index contributed by atoms with van der Waals surface area (Å²) in [5, 5.41) is 10.4. The third-order valence-electron chi connectivity index (χ3n) is 4.43. The summed E-state index contributed by atoms with van der Waals surface area (Å²) in [6.45, 7) is 4.45. The molecule has 0 spiro atoms. The average molecular weight is 315 g/mol. The van der Waals surface area contributed by atoms with Gasteiger partial charge in [0.05, 0.1) is 12.7 Å². The van der Waals surface area contributed by atoms with Gasteiger partial charge in [-0.3, -0.25) is 4.90 Å². The summed E-state index contributed by atoms with van der Waals surface area (Å²) >= 11 is 0. The predicted molar refractivity (Wildman–Crippen MR) is 87.5 cm³/mol. The van der Waals surface area contributed by atoms with Crippen LogP contribution in [0.15, 0.2) is 54.6 Å². The molecule has 2 unspecified atom stereocenters. The fraction of sp³-hybridized carbons (Fsp3) is 0.368. The van der Waals surface area contributed by atoms with Gasteiger partial charge < -0.3 is 9.84 Å². The number of morpholine rings is 1. The summed E-state index contributed by atoms with van der Waals surface area (Å²) in [6.07, 6.45) is -0.839. The van der Waals surface area contributed by atoms with E-state index < -0.39 is 11.7 Å². The van der Waals surface area contributed by atoms with E-state index in [0.717, 1.165) is 12.1 Å². The molecule has 0 radical (unpaired) electrons. The van der Waals surface area contributed by atoms with Crippen LogP contribution in [0.4, 0.5) is 4.39 Å². The third-order valence-corrected chi connectivity index (χ3v) is 4.43. The Hall–Kier alpha value is -1.75. The van der Waals surface area contributed by atoms with E-state index >= 15 is 0 Å². The number of halogens is 1. The Morgan fingerprint density at radius 3 is 2.61 bits per heavy atom. The van der Waals surface area contributed by atoms with E-state index in [9.17, 15) is 9.50 Å². The minimum absolute atomic E-state index is 0.348. The van der Waals surface area contributed by atoms with Gasteiger partial charge in [-0.05, 0) is 18.6 Å². The van der Waals surface area contributed by atoms with E-state index in [2.05, 4.69) is 24.0 Å². The minimum Gasteiger partial charge on any atom is -0.387 e. The summed E-state index contributed by atoms with van der Waals surface area (Å²) < 4.78 is 19.8. The molecule has 0 bridgehead atoms. The van der Waals surface area contributed by atoms with E-state index in [1.807, 2.05) is 18.2 Å². The summed E-state index contributed by atoms with van der Waals surface area (Å²) in [6, 6.07) is 16.5. The third kappa shape index (κ3) is 3.61. The van der Waals surface area contributed by atoms with Gasteiger partial charge in [-0.25, -0.2) is 4.39 Å². The molecule has 1 aliphatic heterocycles. The molecule has 122 valence electrons. The second kappa shape index (κ2) is 6.79. The highest BCUT2D eigenvalue weighted by Crippen LogP contribution is 2.30. The van der Waals surface area contributed by atoms with E-state index in [4.69, 9.17) is 4.74 Å². The fourth-order valence-corrected chi connectivity index (χ4v) is 3.16. The summed E-state index contributed by atoms with van der Waals surface area (Å²) in [7, 11) is 0. The lowest BCUT2D eigenvalue weighted by atomic mass is 9.93. The number of ether oxygens (including phenoxy) is 1. The van der Waals surface area contributed by atoms with Gasteiger partial charge in [-0.15, -0.1) is 0 Å². The predicted octanol–water partition coefficient (Wildman–Crippen LogP) is 3.11. The van der Waals surface area contributed by atoms with Crippen LogP contribution in [-0.4, -0.2) is 36.2 Å². The second-order valence-electron chi connectivity index (χ2n) is 6.22. The quantitative estimate of drug-likeness (QED) is 0.941. The Labute approximate surface area is 136 Å². The van der Waals surface area contributed by atoms with E-state index in [-0.39, 0.29) is 5.82 Å². The van der Waals surface area contributed by atoms with Crippen molar-refractivity contribution in [1.82, 2.24) is 4.90 Å². The lowest BCUT2D eigenvalue weighted by Gasteiger charge is -2.41. The normalized spacial score (nSPS) is 23.6. The smallest absolute Gasteiger partial charge is 0.129 e. The van der Waals surface area contributed by atoms with Gasteiger partial charge in [-0.2, -0.15) is 0 Å². The first-order valence-electron chi connectivity index (χ1n) is 7.93. The van der Waals surface area contributed by atoms with Crippen molar-refractivity contribution in [2.24, 2.45) is 0 Å². The highest BCUT2D eigenvalue weighted by molar-refractivity contribution is 5.23. The van der Waals surface area contributed by atoms with Crippen LogP contribution in [0, 0.1) is 5.82 Å². The van der Waals surface area contributed by atoms with Crippen molar-refractivity contribution in [3.05, 3.63) is 71.5 Å². The maximum absolute atomic E-state index is 13.8. The maximum atomic E-state index is 13.8. The van der Waals surface area contributed by atoms with Gasteiger partial charge in [0.25, 0.3) is 0 Å². The molecule has 0 aliphatic carbocycles. The Bertz CT molecular complexity index is 649. The Kier molecular flexibility index (Phi) is 4.76. The van der Waals surface area contributed by atoms with Crippen LogP contribution < -0.4 is 0 Å².